The number of ether oxygens (including phenoxy) is 2. The largest absolute Gasteiger partial charge is 0.468 e. The first-order valence-electron chi connectivity index (χ1n) is 9.81. The second-order valence-electron chi connectivity index (χ2n) is 7.73. The molecule has 3 aliphatic carbocycles. The van der Waals surface area contributed by atoms with Gasteiger partial charge in [0.25, 0.3) is 0 Å². The highest BCUT2D eigenvalue weighted by Gasteiger charge is 2.50. The van der Waals surface area contributed by atoms with Crippen molar-refractivity contribution in [1.29, 1.82) is 0 Å². The molecule has 0 amide bonds. The maximum Gasteiger partial charge on any atom is 0.323 e. The molecule has 0 radical (unpaired) electrons. The molecule has 0 saturated heterocycles. The van der Waals surface area contributed by atoms with Crippen molar-refractivity contribution < 1.29 is 19.1 Å². The van der Waals surface area contributed by atoms with E-state index in [-0.39, 0.29) is 0 Å². The monoisotopic (exact) mass is 368 g/mol. The van der Waals surface area contributed by atoms with Crippen LogP contribution in [0.15, 0.2) is 34.4 Å². The van der Waals surface area contributed by atoms with Crippen LogP contribution in [-0.2, 0) is 19.1 Å². The fourth-order valence-electron chi connectivity index (χ4n) is 4.62. The summed E-state index contributed by atoms with van der Waals surface area (Å²) in [7, 11) is 2.69. The smallest absolute Gasteiger partial charge is 0.323 e. The van der Waals surface area contributed by atoms with Crippen LogP contribution in [0.3, 0.4) is 0 Å². The summed E-state index contributed by atoms with van der Waals surface area (Å²) in [5.41, 5.74) is 3.87. The van der Waals surface area contributed by atoms with Gasteiger partial charge in [-0.2, -0.15) is 0 Å². The molecule has 0 fully saturated rings. The van der Waals surface area contributed by atoms with E-state index in [4.69, 9.17) is 9.47 Å². The third-order valence-corrected chi connectivity index (χ3v) is 6.08. The molecule has 0 aromatic rings. The Kier molecular flexibility index (Phi) is 5.89. The summed E-state index contributed by atoms with van der Waals surface area (Å²) in [4.78, 5) is 25.9. The van der Waals surface area contributed by atoms with E-state index in [1.54, 1.807) is 0 Å². The van der Waals surface area contributed by atoms with Crippen LogP contribution in [0.5, 0.6) is 0 Å². The minimum absolute atomic E-state index is 0.332. The normalized spacial score (nSPS) is 22.1. The number of hydrogen-bond donors (Lipinski definition) is 0. The highest BCUT2D eigenvalue weighted by atomic mass is 16.5. The molecule has 0 unspecified atom stereocenters. The molecule has 27 heavy (non-hydrogen) atoms. The van der Waals surface area contributed by atoms with Gasteiger partial charge in [0.1, 0.15) is 0 Å². The Morgan fingerprint density at radius 2 is 1.41 bits per heavy atom. The van der Waals surface area contributed by atoms with Gasteiger partial charge in [0.05, 0.1) is 14.2 Å². The summed E-state index contributed by atoms with van der Waals surface area (Å²) < 4.78 is 10.3. The number of esters is 2. The first-order chi connectivity index (χ1) is 13.0. The fraction of sp³-hybridized carbons (Fsp3) is 0.565. The molecule has 144 valence electrons. The van der Waals surface area contributed by atoms with Crippen LogP contribution in [-0.4, -0.2) is 26.2 Å². The molecule has 3 aliphatic rings. The minimum Gasteiger partial charge on any atom is -0.468 e. The van der Waals surface area contributed by atoms with Crippen molar-refractivity contribution in [3.05, 3.63) is 34.4 Å². The molecule has 0 bridgehead atoms. The van der Waals surface area contributed by atoms with Gasteiger partial charge in [-0.15, -0.1) is 0 Å². The average molecular weight is 368 g/mol. The van der Waals surface area contributed by atoms with Gasteiger partial charge in [-0.1, -0.05) is 29.6 Å². The molecule has 0 N–H and O–H groups in total. The Balaban J connectivity index is 2.21. The second kappa shape index (κ2) is 8.17. The van der Waals surface area contributed by atoms with Gasteiger partial charge in [-0.25, -0.2) is 0 Å². The fourth-order valence-corrected chi connectivity index (χ4v) is 4.62. The number of carbonyl (C=O) groups is 2. The van der Waals surface area contributed by atoms with Crippen molar-refractivity contribution in [2.24, 2.45) is 5.41 Å². The number of allylic oxidation sites excluding steroid dienone is 5. The molecule has 0 aromatic carbocycles. The standard InChI is InChI=1S/C23H28O4/c1-16-12-13-17-8-4-5-9-18(17)14-23(21(24)26-2,22(25)27-3)15-19-10-6-7-11-20(16)19/h1,4-11,14-15H2,2-3H3. The van der Waals surface area contributed by atoms with E-state index in [0.29, 0.717) is 12.8 Å². The van der Waals surface area contributed by atoms with Crippen molar-refractivity contribution in [3.63, 3.8) is 0 Å². The van der Waals surface area contributed by atoms with Gasteiger partial charge >= 0.3 is 11.9 Å². The van der Waals surface area contributed by atoms with E-state index in [1.807, 2.05) is 0 Å². The Morgan fingerprint density at radius 3 is 2.07 bits per heavy atom. The zero-order chi connectivity index (χ0) is 19.4. The molecule has 0 aliphatic heterocycles. The first kappa shape index (κ1) is 19.5. The topological polar surface area (TPSA) is 52.6 Å². The Labute approximate surface area is 161 Å². The molecule has 0 spiro atoms. The van der Waals surface area contributed by atoms with Crippen molar-refractivity contribution in [1.82, 2.24) is 0 Å². The van der Waals surface area contributed by atoms with Crippen molar-refractivity contribution >= 4 is 11.9 Å². The van der Waals surface area contributed by atoms with Gasteiger partial charge in [0.2, 0.25) is 0 Å². The van der Waals surface area contributed by atoms with E-state index in [0.717, 1.165) is 79.2 Å². The summed E-state index contributed by atoms with van der Waals surface area (Å²) in [5.74, 6) is 5.57. The summed E-state index contributed by atoms with van der Waals surface area (Å²) >= 11 is 0. The molecule has 4 nitrogen and oxygen atoms in total. The molecular formula is C23H28O4. The minimum atomic E-state index is -1.33. The van der Waals surface area contributed by atoms with Gasteiger partial charge in [-0.05, 0) is 69.8 Å². The second-order valence-corrected chi connectivity index (χ2v) is 7.73. The van der Waals surface area contributed by atoms with E-state index >= 15 is 0 Å². The number of hydrogen-bond acceptors (Lipinski definition) is 4. The average Bonchev–Trinajstić information content (AvgIpc) is 2.71. The lowest BCUT2D eigenvalue weighted by atomic mass is 9.70. The molecular weight excluding hydrogens is 340 g/mol. The summed E-state index contributed by atoms with van der Waals surface area (Å²) in [6.07, 6.45) is 8.43. The Morgan fingerprint density at radius 1 is 0.852 bits per heavy atom. The van der Waals surface area contributed by atoms with E-state index in [1.165, 1.54) is 14.2 Å². The quantitative estimate of drug-likeness (QED) is 0.411. The van der Waals surface area contributed by atoms with Gasteiger partial charge in [-0.3, -0.25) is 9.59 Å². The molecule has 0 atom stereocenters. The molecule has 0 aromatic heterocycles. The Hall–Kier alpha value is -2.28. The van der Waals surface area contributed by atoms with E-state index < -0.39 is 17.4 Å². The van der Waals surface area contributed by atoms with Crippen LogP contribution in [0.4, 0.5) is 0 Å². The maximum atomic E-state index is 13.0. The maximum absolute atomic E-state index is 13.0. The molecule has 0 saturated carbocycles. The zero-order valence-corrected chi connectivity index (χ0v) is 16.4. The van der Waals surface area contributed by atoms with Crippen molar-refractivity contribution in [3.8, 4) is 11.8 Å². The molecule has 0 heterocycles. The number of carbonyl (C=O) groups excluding carboxylic acids is 2. The summed E-state index contributed by atoms with van der Waals surface area (Å²) in [5, 5.41) is 0. The summed E-state index contributed by atoms with van der Waals surface area (Å²) in [6.45, 7) is 4.20. The lowest BCUT2D eigenvalue weighted by molar-refractivity contribution is -0.169. The van der Waals surface area contributed by atoms with E-state index in [2.05, 4.69) is 18.4 Å². The van der Waals surface area contributed by atoms with Crippen molar-refractivity contribution in [2.45, 2.75) is 64.2 Å². The van der Waals surface area contributed by atoms with E-state index in [9.17, 15) is 9.59 Å². The SMILES string of the molecule is C=C1C#CC2=C(CCCC2)CC(C(=O)OC)(C(=O)OC)CC2=C1CCCC2. The van der Waals surface area contributed by atoms with Crippen LogP contribution >= 0.6 is 0 Å². The first-order valence-corrected chi connectivity index (χ1v) is 9.81. The van der Waals surface area contributed by atoms with Crippen LogP contribution in [0.1, 0.15) is 64.2 Å². The third kappa shape index (κ3) is 3.74. The van der Waals surface area contributed by atoms with Crippen LogP contribution in [0.25, 0.3) is 0 Å². The van der Waals surface area contributed by atoms with Gasteiger partial charge in [0.15, 0.2) is 5.41 Å². The van der Waals surface area contributed by atoms with Crippen LogP contribution in [0.2, 0.25) is 0 Å². The van der Waals surface area contributed by atoms with Gasteiger partial charge < -0.3 is 9.47 Å². The molecule has 4 heteroatoms. The number of rotatable bonds is 2. The lowest BCUT2D eigenvalue weighted by Crippen LogP contribution is -2.42. The van der Waals surface area contributed by atoms with Crippen LogP contribution in [0, 0.1) is 17.3 Å². The zero-order valence-electron chi connectivity index (χ0n) is 16.4. The lowest BCUT2D eigenvalue weighted by Gasteiger charge is -2.34. The highest BCUT2D eigenvalue weighted by molar-refractivity contribution is 6.00. The summed E-state index contributed by atoms with van der Waals surface area (Å²) in [6, 6.07) is 0. The van der Waals surface area contributed by atoms with Gasteiger partial charge in [0, 0.05) is 11.1 Å². The predicted molar refractivity (Wildman–Crippen MR) is 104 cm³/mol. The number of methoxy groups -OCH3 is 2. The third-order valence-electron chi connectivity index (χ3n) is 6.08. The van der Waals surface area contributed by atoms with Crippen molar-refractivity contribution in [2.75, 3.05) is 14.2 Å². The van der Waals surface area contributed by atoms with Crippen LogP contribution < -0.4 is 0 Å². The predicted octanol–water partition coefficient (Wildman–Crippen LogP) is 4.41. The highest BCUT2D eigenvalue weighted by Crippen LogP contribution is 2.44. The molecule has 3 rings (SSSR count). The Bertz CT molecular complexity index is 769.